The highest BCUT2D eigenvalue weighted by Gasteiger charge is 2.17. The van der Waals surface area contributed by atoms with E-state index in [0.717, 1.165) is 0 Å². The number of rotatable bonds is 8. The van der Waals surface area contributed by atoms with Crippen LogP contribution in [0.3, 0.4) is 0 Å². The number of carbonyl (C=O) groups excluding carboxylic acids is 1. The van der Waals surface area contributed by atoms with E-state index in [2.05, 4.69) is 4.72 Å². The first-order valence-corrected chi connectivity index (χ1v) is 10.4. The van der Waals surface area contributed by atoms with E-state index < -0.39 is 10.0 Å². The Labute approximate surface area is 161 Å². The third kappa shape index (κ3) is 5.47. The maximum atomic E-state index is 12.6. The lowest BCUT2D eigenvalue weighted by Crippen LogP contribution is -2.30. The highest BCUT2D eigenvalue weighted by Crippen LogP contribution is 2.21. The fraction of sp³-hybridized carbons (Fsp3) is 0.350. The Kier molecular flexibility index (Phi) is 6.85. The molecule has 0 aliphatic carbocycles. The summed E-state index contributed by atoms with van der Waals surface area (Å²) >= 11 is 0. The zero-order chi connectivity index (χ0) is 20.0. The molecule has 0 unspecified atom stereocenters. The van der Waals surface area contributed by atoms with E-state index in [1.165, 1.54) is 24.3 Å². The van der Waals surface area contributed by atoms with Crippen LogP contribution in [0.1, 0.15) is 38.1 Å². The summed E-state index contributed by atoms with van der Waals surface area (Å²) in [5.41, 5.74) is 0.905. The molecule has 146 valence electrons. The second-order valence-corrected chi connectivity index (χ2v) is 7.98. The van der Waals surface area contributed by atoms with Crippen LogP contribution in [-0.4, -0.2) is 38.4 Å². The molecule has 0 aromatic heterocycles. The van der Waals surface area contributed by atoms with Gasteiger partial charge in [-0.1, -0.05) is 0 Å². The Hall–Kier alpha value is -2.54. The number of sulfonamides is 1. The Morgan fingerprint density at radius 1 is 1.00 bits per heavy atom. The Balaban J connectivity index is 2.13. The molecule has 0 bridgehead atoms. The summed E-state index contributed by atoms with van der Waals surface area (Å²) in [5, 5.41) is 0. The third-order valence-corrected chi connectivity index (χ3v) is 5.34. The summed E-state index contributed by atoms with van der Waals surface area (Å²) in [6.45, 7) is 8.86. The number of amides is 1. The van der Waals surface area contributed by atoms with Gasteiger partial charge in [-0.3, -0.25) is 9.52 Å². The summed E-state index contributed by atoms with van der Waals surface area (Å²) in [6.07, 6.45) is 0.0464. The van der Waals surface area contributed by atoms with Crippen LogP contribution in [0.5, 0.6) is 5.75 Å². The van der Waals surface area contributed by atoms with Crippen molar-refractivity contribution in [1.82, 2.24) is 4.90 Å². The van der Waals surface area contributed by atoms with Crippen molar-refractivity contribution in [1.29, 1.82) is 0 Å². The van der Waals surface area contributed by atoms with Crippen LogP contribution in [0.2, 0.25) is 0 Å². The molecule has 0 radical (unpaired) electrons. The minimum atomic E-state index is -3.74. The van der Waals surface area contributed by atoms with Gasteiger partial charge in [-0.25, -0.2) is 8.42 Å². The van der Waals surface area contributed by atoms with Crippen molar-refractivity contribution in [3.05, 3.63) is 54.1 Å². The minimum Gasteiger partial charge on any atom is -0.491 e. The zero-order valence-electron chi connectivity index (χ0n) is 16.1. The summed E-state index contributed by atoms with van der Waals surface area (Å²) in [5.74, 6) is 0.560. The Bertz CT molecular complexity index is 856. The molecule has 1 amide bonds. The van der Waals surface area contributed by atoms with Crippen LogP contribution in [0, 0.1) is 0 Å². The summed E-state index contributed by atoms with van der Waals surface area (Å²) in [6, 6.07) is 12.7. The van der Waals surface area contributed by atoms with Gasteiger partial charge in [-0.05, 0) is 76.2 Å². The number of ether oxygens (including phenoxy) is 1. The maximum Gasteiger partial charge on any atom is 0.261 e. The SMILES string of the molecule is CCN(CC)C(=O)c1ccc(S(=O)(=O)Nc2ccc(OC(C)C)cc2)cc1. The van der Waals surface area contributed by atoms with Gasteiger partial charge in [0.05, 0.1) is 11.0 Å². The molecule has 0 spiro atoms. The number of nitrogens with zero attached hydrogens (tertiary/aromatic N) is 1. The van der Waals surface area contributed by atoms with E-state index in [0.29, 0.717) is 30.1 Å². The Morgan fingerprint density at radius 3 is 2.04 bits per heavy atom. The number of anilines is 1. The van der Waals surface area contributed by atoms with Crippen LogP contribution >= 0.6 is 0 Å². The lowest BCUT2D eigenvalue weighted by molar-refractivity contribution is 0.0773. The fourth-order valence-electron chi connectivity index (χ4n) is 2.56. The van der Waals surface area contributed by atoms with Crippen LogP contribution in [0.25, 0.3) is 0 Å². The molecule has 0 atom stereocenters. The van der Waals surface area contributed by atoms with Crippen molar-refractivity contribution >= 4 is 21.6 Å². The molecule has 2 aromatic carbocycles. The molecule has 0 aliphatic heterocycles. The Morgan fingerprint density at radius 2 is 1.56 bits per heavy atom. The van der Waals surface area contributed by atoms with E-state index in [1.54, 1.807) is 29.2 Å². The van der Waals surface area contributed by atoms with E-state index in [9.17, 15) is 13.2 Å². The van der Waals surface area contributed by atoms with Crippen molar-refractivity contribution in [2.24, 2.45) is 0 Å². The van der Waals surface area contributed by atoms with Gasteiger partial charge in [0.2, 0.25) is 0 Å². The van der Waals surface area contributed by atoms with Gasteiger partial charge < -0.3 is 9.64 Å². The van der Waals surface area contributed by atoms with Gasteiger partial charge in [0.15, 0.2) is 0 Å². The summed E-state index contributed by atoms with van der Waals surface area (Å²) in [7, 11) is -3.74. The van der Waals surface area contributed by atoms with Crippen LogP contribution < -0.4 is 9.46 Å². The first-order valence-electron chi connectivity index (χ1n) is 8.95. The van der Waals surface area contributed by atoms with Crippen molar-refractivity contribution in [3.8, 4) is 5.75 Å². The van der Waals surface area contributed by atoms with Gasteiger partial charge in [0.1, 0.15) is 5.75 Å². The largest absolute Gasteiger partial charge is 0.491 e. The van der Waals surface area contributed by atoms with E-state index in [1.807, 2.05) is 27.7 Å². The van der Waals surface area contributed by atoms with Crippen LogP contribution in [-0.2, 0) is 10.0 Å². The molecule has 7 heteroatoms. The zero-order valence-corrected chi connectivity index (χ0v) is 16.9. The average molecular weight is 391 g/mol. The number of nitrogens with one attached hydrogen (secondary N) is 1. The molecular formula is C20H26N2O4S. The van der Waals surface area contributed by atoms with E-state index in [4.69, 9.17) is 4.74 Å². The lowest BCUT2D eigenvalue weighted by Gasteiger charge is -2.18. The fourth-order valence-corrected chi connectivity index (χ4v) is 3.62. The van der Waals surface area contributed by atoms with Crippen LogP contribution in [0.4, 0.5) is 5.69 Å². The lowest BCUT2D eigenvalue weighted by atomic mass is 10.2. The molecule has 2 aromatic rings. The van der Waals surface area contributed by atoms with Crippen molar-refractivity contribution < 1.29 is 17.9 Å². The van der Waals surface area contributed by atoms with E-state index in [-0.39, 0.29) is 16.9 Å². The number of hydrogen-bond acceptors (Lipinski definition) is 4. The van der Waals surface area contributed by atoms with E-state index >= 15 is 0 Å². The smallest absolute Gasteiger partial charge is 0.261 e. The number of benzene rings is 2. The molecule has 0 heterocycles. The topological polar surface area (TPSA) is 75.7 Å². The second-order valence-electron chi connectivity index (χ2n) is 6.30. The first-order chi connectivity index (χ1) is 12.8. The summed E-state index contributed by atoms with van der Waals surface area (Å²) in [4.78, 5) is 14.1. The summed E-state index contributed by atoms with van der Waals surface area (Å²) < 4.78 is 33.2. The molecular weight excluding hydrogens is 364 g/mol. The van der Waals surface area contributed by atoms with Gasteiger partial charge in [0, 0.05) is 24.3 Å². The second kappa shape index (κ2) is 8.90. The highest BCUT2D eigenvalue weighted by molar-refractivity contribution is 7.92. The average Bonchev–Trinajstić information content (AvgIpc) is 2.64. The highest BCUT2D eigenvalue weighted by atomic mass is 32.2. The van der Waals surface area contributed by atoms with Gasteiger partial charge in [-0.2, -0.15) is 0 Å². The number of hydrogen-bond donors (Lipinski definition) is 1. The van der Waals surface area contributed by atoms with Crippen LogP contribution in [0.15, 0.2) is 53.4 Å². The molecule has 0 fully saturated rings. The van der Waals surface area contributed by atoms with Gasteiger partial charge in [-0.15, -0.1) is 0 Å². The monoisotopic (exact) mass is 390 g/mol. The quantitative estimate of drug-likeness (QED) is 0.745. The van der Waals surface area contributed by atoms with Crippen molar-refractivity contribution in [2.45, 2.75) is 38.7 Å². The molecule has 0 aliphatic rings. The minimum absolute atomic E-state index is 0.0464. The molecule has 27 heavy (non-hydrogen) atoms. The van der Waals surface area contributed by atoms with Gasteiger partial charge in [0.25, 0.3) is 15.9 Å². The molecule has 1 N–H and O–H groups in total. The predicted molar refractivity (Wildman–Crippen MR) is 107 cm³/mol. The van der Waals surface area contributed by atoms with Crippen molar-refractivity contribution in [2.75, 3.05) is 17.8 Å². The first kappa shape index (κ1) is 20.8. The normalized spacial score (nSPS) is 11.3. The predicted octanol–water partition coefficient (Wildman–Crippen LogP) is 3.76. The molecule has 2 rings (SSSR count). The standard InChI is InChI=1S/C20H26N2O4S/c1-5-22(6-2)20(23)16-7-13-19(14-8-16)27(24,25)21-17-9-11-18(12-10-17)26-15(3)4/h7-15,21H,5-6H2,1-4H3. The maximum absolute atomic E-state index is 12.6. The molecule has 0 saturated heterocycles. The molecule has 6 nitrogen and oxygen atoms in total. The van der Waals surface area contributed by atoms with Crippen molar-refractivity contribution in [3.63, 3.8) is 0 Å². The van der Waals surface area contributed by atoms with Gasteiger partial charge >= 0.3 is 0 Å². The molecule has 0 saturated carbocycles. The number of carbonyl (C=O) groups is 1. The third-order valence-electron chi connectivity index (χ3n) is 3.94.